The van der Waals surface area contributed by atoms with E-state index in [0.29, 0.717) is 19.0 Å². The van der Waals surface area contributed by atoms with Gasteiger partial charge in [0.15, 0.2) is 0 Å². The fourth-order valence-corrected chi connectivity index (χ4v) is 5.33. The molecule has 1 amide bonds. The molecule has 0 bridgehead atoms. The Morgan fingerprint density at radius 2 is 1.82 bits per heavy atom. The van der Waals surface area contributed by atoms with Crippen molar-refractivity contribution in [2.45, 2.75) is 24.7 Å². The van der Waals surface area contributed by atoms with E-state index >= 15 is 0 Å². The van der Waals surface area contributed by atoms with Crippen LogP contribution >= 0.6 is 23.2 Å². The monoisotopic (exact) mass is 444 g/mol. The smallest absolute Gasteiger partial charge is 0.257 e. The van der Waals surface area contributed by atoms with Gasteiger partial charge in [-0.3, -0.25) is 4.79 Å². The molecule has 0 saturated carbocycles. The van der Waals surface area contributed by atoms with Crippen molar-refractivity contribution in [3.05, 3.63) is 57.8 Å². The predicted molar refractivity (Wildman–Crippen MR) is 108 cm³/mol. The first-order valence-electron chi connectivity index (χ1n) is 8.74. The Morgan fingerprint density at radius 1 is 1.14 bits per heavy atom. The van der Waals surface area contributed by atoms with Crippen LogP contribution in [0.2, 0.25) is 10.0 Å². The second kappa shape index (κ2) is 8.37. The lowest BCUT2D eigenvalue weighted by atomic mass is 10.0. The maximum atomic E-state index is 13.3. The first-order valence-corrected chi connectivity index (χ1v) is 10.9. The van der Waals surface area contributed by atoms with Crippen molar-refractivity contribution in [2.75, 3.05) is 18.4 Å². The molecule has 3 rings (SSSR count). The van der Waals surface area contributed by atoms with E-state index in [1.165, 1.54) is 34.6 Å². The van der Waals surface area contributed by atoms with Gasteiger partial charge in [-0.1, -0.05) is 36.2 Å². The van der Waals surface area contributed by atoms with Gasteiger partial charge in [0, 0.05) is 18.8 Å². The molecule has 1 heterocycles. The van der Waals surface area contributed by atoms with Crippen molar-refractivity contribution < 1.29 is 17.6 Å². The van der Waals surface area contributed by atoms with Gasteiger partial charge < -0.3 is 5.32 Å². The number of nitrogens with zero attached hydrogens (tertiary/aromatic N) is 1. The number of halogens is 3. The highest BCUT2D eigenvalue weighted by atomic mass is 35.5. The molecule has 0 aromatic heterocycles. The van der Waals surface area contributed by atoms with Gasteiger partial charge in [-0.25, -0.2) is 12.8 Å². The number of carbonyl (C=O) groups excluding carboxylic acids is 1. The third kappa shape index (κ3) is 4.49. The highest BCUT2D eigenvalue weighted by molar-refractivity contribution is 7.89. The summed E-state index contributed by atoms with van der Waals surface area (Å²) in [5.74, 6) is -0.710. The number of nitrogens with one attached hydrogen (secondary N) is 1. The zero-order valence-electron chi connectivity index (χ0n) is 15.1. The molecule has 2 aromatic rings. The summed E-state index contributed by atoms with van der Waals surface area (Å²) < 4.78 is 40.7. The molecule has 2 aromatic carbocycles. The zero-order valence-corrected chi connectivity index (χ0v) is 17.4. The molecule has 9 heteroatoms. The lowest BCUT2D eigenvalue weighted by molar-refractivity contribution is 0.102. The van der Waals surface area contributed by atoms with E-state index < -0.39 is 21.7 Å². The van der Waals surface area contributed by atoms with Crippen LogP contribution in [0.15, 0.2) is 41.3 Å². The van der Waals surface area contributed by atoms with Crippen molar-refractivity contribution in [3.63, 3.8) is 0 Å². The Bertz CT molecular complexity index is 1010. The summed E-state index contributed by atoms with van der Waals surface area (Å²) in [7, 11) is -3.87. The molecule has 1 fully saturated rings. The maximum absolute atomic E-state index is 13.3. The number of anilines is 1. The Kier molecular flexibility index (Phi) is 6.29. The van der Waals surface area contributed by atoms with Crippen LogP contribution in [0, 0.1) is 11.7 Å². The van der Waals surface area contributed by atoms with Gasteiger partial charge in [-0.15, -0.1) is 0 Å². The summed E-state index contributed by atoms with van der Waals surface area (Å²) >= 11 is 12.3. The van der Waals surface area contributed by atoms with Crippen LogP contribution in [0.1, 0.15) is 30.1 Å². The van der Waals surface area contributed by atoms with Crippen molar-refractivity contribution in [3.8, 4) is 0 Å². The van der Waals surface area contributed by atoms with Crippen LogP contribution in [0.5, 0.6) is 0 Å². The largest absolute Gasteiger partial charge is 0.322 e. The molecule has 1 saturated heterocycles. The quantitative estimate of drug-likeness (QED) is 0.735. The third-order valence-electron chi connectivity index (χ3n) is 4.71. The van der Waals surface area contributed by atoms with Gasteiger partial charge in [0.25, 0.3) is 5.91 Å². The van der Waals surface area contributed by atoms with E-state index in [1.54, 1.807) is 0 Å². The van der Waals surface area contributed by atoms with Gasteiger partial charge in [0.1, 0.15) is 10.7 Å². The Hall–Kier alpha value is -1.67. The number of sulfonamides is 1. The second-order valence-corrected chi connectivity index (χ2v) is 9.53. The van der Waals surface area contributed by atoms with E-state index in [1.807, 2.05) is 0 Å². The Morgan fingerprint density at radius 3 is 2.46 bits per heavy atom. The molecule has 0 radical (unpaired) electrons. The number of carbonyl (C=O) groups is 1. The average molecular weight is 445 g/mol. The summed E-state index contributed by atoms with van der Waals surface area (Å²) in [6, 6.07) is 7.76. The summed E-state index contributed by atoms with van der Waals surface area (Å²) in [6.45, 7) is 2.87. The van der Waals surface area contributed by atoms with Crippen LogP contribution in [-0.4, -0.2) is 31.7 Å². The predicted octanol–water partition coefficient (Wildman–Crippen LogP) is 4.81. The van der Waals surface area contributed by atoms with E-state index in [9.17, 15) is 17.6 Å². The lowest BCUT2D eigenvalue weighted by Gasteiger charge is -2.29. The van der Waals surface area contributed by atoms with Crippen LogP contribution in [0.25, 0.3) is 0 Å². The van der Waals surface area contributed by atoms with Gasteiger partial charge in [0.05, 0.1) is 15.6 Å². The molecule has 1 N–H and O–H groups in total. The number of piperidine rings is 1. The molecule has 0 unspecified atom stereocenters. The average Bonchev–Trinajstić information content (AvgIpc) is 2.61. The minimum Gasteiger partial charge on any atom is -0.322 e. The van der Waals surface area contributed by atoms with Crippen LogP contribution in [-0.2, 0) is 10.0 Å². The van der Waals surface area contributed by atoms with Crippen LogP contribution < -0.4 is 5.32 Å². The van der Waals surface area contributed by atoms with Crippen LogP contribution in [0.4, 0.5) is 10.1 Å². The first-order chi connectivity index (χ1) is 13.2. The molecular weight excluding hydrogens is 426 g/mol. The van der Waals surface area contributed by atoms with E-state index in [4.69, 9.17) is 23.2 Å². The van der Waals surface area contributed by atoms with E-state index in [-0.39, 0.29) is 26.2 Å². The van der Waals surface area contributed by atoms with Gasteiger partial charge >= 0.3 is 0 Å². The number of rotatable bonds is 4. The normalized spacial score (nSPS) is 16.1. The van der Waals surface area contributed by atoms with Crippen LogP contribution in [0.3, 0.4) is 0 Å². The fraction of sp³-hybridized carbons (Fsp3) is 0.316. The molecule has 0 atom stereocenters. The molecule has 0 spiro atoms. The van der Waals surface area contributed by atoms with Gasteiger partial charge in [-0.2, -0.15) is 4.31 Å². The lowest BCUT2D eigenvalue weighted by Crippen LogP contribution is -2.38. The van der Waals surface area contributed by atoms with Crippen molar-refractivity contribution in [2.24, 2.45) is 5.92 Å². The van der Waals surface area contributed by atoms with Gasteiger partial charge in [0.2, 0.25) is 10.0 Å². The van der Waals surface area contributed by atoms with Crippen molar-refractivity contribution >= 4 is 44.8 Å². The fourth-order valence-electron chi connectivity index (χ4n) is 3.03. The topological polar surface area (TPSA) is 66.5 Å². The molecule has 5 nitrogen and oxygen atoms in total. The summed E-state index contributed by atoms with van der Waals surface area (Å²) in [4.78, 5) is 12.4. The van der Waals surface area contributed by atoms with Crippen molar-refractivity contribution in [1.29, 1.82) is 0 Å². The molecule has 28 heavy (non-hydrogen) atoms. The zero-order chi connectivity index (χ0) is 20.5. The third-order valence-corrected chi connectivity index (χ3v) is 7.39. The number of hydrogen-bond donors (Lipinski definition) is 1. The second-order valence-electron chi connectivity index (χ2n) is 6.81. The first kappa shape index (κ1) is 21.0. The highest BCUT2D eigenvalue weighted by Gasteiger charge is 2.31. The number of benzene rings is 2. The summed E-state index contributed by atoms with van der Waals surface area (Å²) in [5, 5.41) is 2.46. The summed E-state index contributed by atoms with van der Waals surface area (Å²) in [5.41, 5.74) is 0.171. The van der Waals surface area contributed by atoms with Gasteiger partial charge in [-0.05, 0) is 49.1 Å². The molecular formula is C19H19Cl2FN2O3S. The Labute approximate surface area is 173 Å². The molecule has 0 aliphatic carbocycles. The highest BCUT2D eigenvalue weighted by Crippen LogP contribution is 2.32. The minimum atomic E-state index is -3.87. The molecule has 1 aliphatic rings. The SMILES string of the molecule is CC1CCN(S(=O)(=O)c2cc(C(=O)Nc3cccc(F)c3)c(Cl)cc2Cl)CC1. The number of hydrogen-bond acceptors (Lipinski definition) is 3. The number of amides is 1. The Balaban J connectivity index is 1.93. The molecule has 1 aliphatic heterocycles. The van der Waals surface area contributed by atoms with Crippen molar-refractivity contribution in [1.82, 2.24) is 4.31 Å². The molecule has 150 valence electrons. The minimum absolute atomic E-state index is 0.00474. The standard InChI is InChI=1S/C19H19Cl2FN2O3S/c1-12-5-7-24(8-6-12)28(26,27)18-10-15(16(20)11-17(18)21)19(25)23-14-4-2-3-13(22)9-14/h2-4,9-12H,5-8H2,1H3,(H,23,25). The van der Waals surface area contributed by atoms with E-state index in [2.05, 4.69) is 12.2 Å². The summed E-state index contributed by atoms with van der Waals surface area (Å²) in [6.07, 6.45) is 1.52. The van der Waals surface area contributed by atoms with E-state index in [0.717, 1.165) is 18.9 Å². The maximum Gasteiger partial charge on any atom is 0.257 e.